The highest BCUT2D eigenvalue weighted by Crippen LogP contribution is 2.31. The van der Waals surface area contributed by atoms with Gasteiger partial charge >= 0.3 is 5.97 Å². The van der Waals surface area contributed by atoms with Gasteiger partial charge in [-0.05, 0) is 73.5 Å². The van der Waals surface area contributed by atoms with Crippen LogP contribution < -0.4 is 4.74 Å². The standard InChI is InChI=1S/C24H18N4O5/c1-14-10-17(11-15(2)23(14)29)26-27-22-13-16(12-21-20(22)4-3-9-25-21)24(30)33-19-7-5-18(6-8-19)28(31)32/h3-13,29H,1-2H3/b27-26+. The van der Waals surface area contributed by atoms with E-state index in [9.17, 15) is 20.0 Å². The Labute approximate surface area is 188 Å². The molecule has 0 aliphatic carbocycles. The molecule has 3 aromatic carbocycles. The number of pyridine rings is 1. The predicted molar refractivity (Wildman–Crippen MR) is 122 cm³/mol. The van der Waals surface area contributed by atoms with Crippen LogP contribution >= 0.6 is 0 Å². The van der Waals surface area contributed by atoms with Crippen LogP contribution in [-0.2, 0) is 0 Å². The van der Waals surface area contributed by atoms with Crippen LogP contribution in [-0.4, -0.2) is 21.0 Å². The number of esters is 1. The summed E-state index contributed by atoms with van der Waals surface area (Å²) in [7, 11) is 0. The maximum Gasteiger partial charge on any atom is 0.343 e. The lowest BCUT2D eigenvalue weighted by Gasteiger charge is -2.07. The average Bonchev–Trinajstić information content (AvgIpc) is 2.81. The Morgan fingerprint density at radius 1 is 1.03 bits per heavy atom. The number of non-ortho nitro benzene ring substituents is 1. The van der Waals surface area contributed by atoms with E-state index in [0.717, 1.165) is 0 Å². The molecular formula is C24H18N4O5. The van der Waals surface area contributed by atoms with Crippen molar-refractivity contribution < 1.29 is 19.6 Å². The summed E-state index contributed by atoms with van der Waals surface area (Å²) in [5, 5.41) is 30.0. The second-order valence-corrected chi connectivity index (χ2v) is 7.33. The predicted octanol–water partition coefficient (Wildman–Crippen LogP) is 6.10. The number of ether oxygens (including phenoxy) is 1. The minimum atomic E-state index is -0.663. The van der Waals surface area contributed by atoms with Crippen molar-refractivity contribution in [2.45, 2.75) is 13.8 Å². The number of phenolic OH excluding ortho intramolecular Hbond substituents is 1. The van der Waals surface area contributed by atoms with Gasteiger partial charge < -0.3 is 9.84 Å². The van der Waals surface area contributed by atoms with Crippen LogP contribution in [0.2, 0.25) is 0 Å². The molecule has 9 nitrogen and oxygen atoms in total. The molecule has 33 heavy (non-hydrogen) atoms. The number of benzene rings is 3. The third-order valence-electron chi connectivity index (χ3n) is 4.94. The van der Waals surface area contributed by atoms with Crippen LogP contribution in [0, 0.1) is 24.0 Å². The Morgan fingerprint density at radius 2 is 1.73 bits per heavy atom. The second-order valence-electron chi connectivity index (χ2n) is 7.33. The van der Waals surface area contributed by atoms with Crippen molar-refractivity contribution in [3.05, 3.63) is 93.7 Å². The molecule has 0 amide bonds. The van der Waals surface area contributed by atoms with Crippen LogP contribution in [0.4, 0.5) is 17.1 Å². The number of aromatic nitrogens is 1. The lowest BCUT2D eigenvalue weighted by Crippen LogP contribution is -2.08. The van der Waals surface area contributed by atoms with Gasteiger partial charge in [0.1, 0.15) is 11.5 Å². The molecular weight excluding hydrogens is 424 g/mol. The lowest BCUT2D eigenvalue weighted by atomic mass is 10.1. The van der Waals surface area contributed by atoms with Crippen molar-refractivity contribution in [3.63, 3.8) is 0 Å². The number of nitrogens with zero attached hydrogens (tertiary/aromatic N) is 4. The van der Waals surface area contributed by atoms with E-state index >= 15 is 0 Å². The molecule has 0 unspecified atom stereocenters. The maximum absolute atomic E-state index is 12.7. The van der Waals surface area contributed by atoms with E-state index in [-0.39, 0.29) is 22.7 Å². The van der Waals surface area contributed by atoms with Gasteiger partial charge in [0.05, 0.1) is 27.4 Å². The number of nitro groups is 1. The molecule has 4 aromatic rings. The largest absolute Gasteiger partial charge is 0.507 e. The molecule has 0 radical (unpaired) electrons. The summed E-state index contributed by atoms with van der Waals surface area (Å²) in [5.41, 5.74) is 2.95. The zero-order valence-corrected chi connectivity index (χ0v) is 17.7. The van der Waals surface area contributed by atoms with E-state index in [2.05, 4.69) is 15.2 Å². The average molecular weight is 442 g/mol. The van der Waals surface area contributed by atoms with E-state index < -0.39 is 10.9 Å². The highest BCUT2D eigenvalue weighted by Gasteiger charge is 2.14. The third-order valence-corrected chi connectivity index (χ3v) is 4.94. The highest BCUT2D eigenvalue weighted by molar-refractivity contribution is 6.00. The number of rotatable bonds is 5. The number of nitro benzene ring substituents is 1. The molecule has 0 bridgehead atoms. The summed E-state index contributed by atoms with van der Waals surface area (Å²) in [6, 6.07) is 15.3. The zero-order chi connectivity index (χ0) is 23.5. The molecule has 0 spiro atoms. The molecule has 164 valence electrons. The number of carbonyl (C=O) groups excluding carboxylic acids is 1. The van der Waals surface area contributed by atoms with E-state index in [1.54, 1.807) is 50.4 Å². The normalized spacial score (nSPS) is 11.1. The quantitative estimate of drug-likeness (QED) is 0.131. The lowest BCUT2D eigenvalue weighted by molar-refractivity contribution is -0.384. The monoisotopic (exact) mass is 442 g/mol. The van der Waals surface area contributed by atoms with Gasteiger partial charge in [0.2, 0.25) is 0 Å². The van der Waals surface area contributed by atoms with Crippen LogP contribution in [0.5, 0.6) is 11.5 Å². The minimum Gasteiger partial charge on any atom is -0.507 e. The maximum atomic E-state index is 12.7. The molecule has 0 saturated carbocycles. The van der Waals surface area contributed by atoms with Gasteiger partial charge in [-0.1, -0.05) is 0 Å². The molecule has 9 heteroatoms. The fourth-order valence-corrected chi connectivity index (χ4v) is 3.27. The van der Waals surface area contributed by atoms with Crippen LogP contribution in [0.15, 0.2) is 77.1 Å². The van der Waals surface area contributed by atoms with Gasteiger partial charge in [-0.25, -0.2) is 4.79 Å². The van der Waals surface area contributed by atoms with Crippen molar-refractivity contribution in [2.75, 3.05) is 0 Å². The first-order valence-corrected chi connectivity index (χ1v) is 9.89. The van der Waals surface area contributed by atoms with Gasteiger partial charge in [0, 0.05) is 23.7 Å². The molecule has 0 atom stereocenters. The van der Waals surface area contributed by atoms with Crippen molar-refractivity contribution in [1.29, 1.82) is 0 Å². The van der Waals surface area contributed by atoms with E-state index in [1.165, 1.54) is 24.3 Å². The van der Waals surface area contributed by atoms with Crippen molar-refractivity contribution >= 4 is 33.9 Å². The number of azo groups is 1. The first kappa shape index (κ1) is 21.6. The molecule has 0 saturated heterocycles. The van der Waals surface area contributed by atoms with Gasteiger partial charge in [-0.15, -0.1) is 5.11 Å². The van der Waals surface area contributed by atoms with Crippen LogP contribution in [0.3, 0.4) is 0 Å². The number of phenols is 1. The van der Waals surface area contributed by atoms with Crippen molar-refractivity contribution in [2.24, 2.45) is 10.2 Å². The minimum absolute atomic E-state index is 0.105. The number of carbonyl (C=O) groups is 1. The molecule has 0 aliphatic heterocycles. The first-order chi connectivity index (χ1) is 15.8. The Morgan fingerprint density at radius 3 is 2.39 bits per heavy atom. The number of hydrogen-bond donors (Lipinski definition) is 1. The number of aromatic hydroxyl groups is 1. The van der Waals surface area contributed by atoms with Crippen molar-refractivity contribution in [1.82, 2.24) is 4.98 Å². The van der Waals surface area contributed by atoms with E-state index in [1.807, 2.05) is 6.07 Å². The molecule has 1 N–H and O–H groups in total. The summed E-state index contributed by atoms with van der Waals surface area (Å²) in [6.07, 6.45) is 1.60. The molecule has 4 rings (SSSR count). The van der Waals surface area contributed by atoms with Gasteiger partial charge in [-0.2, -0.15) is 5.11 Å². The van der Waals surface area contributed by atoms with E-state index in [0.29, 0.717) is 33.4 Å². The van der Waals surface area contributed by atoms with Gasteiger partial charge in [0.15, 0.2) is 0 Å². The summed E-state index contributed by atoms with van der Waals surface area (Å²) >= 11 is 0. The molecule has 0 aliphatic rings. The zero-order valence-electron chi connectivity index (χ0n) is 17.7. The second kappa shape index (κ2) is 8.83. The Hall–Kier alpha value is -4.66. The molecule has 1 aromatic heterocycles. The fraction of sp³-hybridized carbons (Fsp3) is 0.0833. The smallest absolute Gasteiger partial charge is 0.343 e. The van der Waals surface area contributed by atoms with E-state index in [4.69, 9.17) is 4.74 Å². The third kappa shape index (κ3) is 4.67. The van der Waals surface area contributed by atoms with Gasteiger partial charge in [0.25, 0.3) is 5.69 Å². The number of fused-ring (bicyclic) bond motifs is 1. The van der Waals surface area contributed by atoms with Crippen LogP contribution in [0.1, 0.15) is 21.5 Å². The first-order valence-electron chi connectivity index (χ1n) is 9.89. The molecule has 1 heterocycles. The summed E-state index contributed by atoms with van der Waals surface area (Å²) in [4.78, 5) is 27.3. The van der Waals surface area contributed by atoms with Gasteiger partial charge in [-0.3, -0.25) is 15.1 Å². The Bertz CT molecular complexity index is 1390. The summed E-state index contributed by atoms with van der Waals surface area (Å²) in [6.45, 7) is 3.55. The topological polar surface area (TPSA) is 127 Å². The highest BCUT2D eigenvalue weighted by atomic mass is 16.6. The summed E-state index contributed by atoms with van der Waals surface area (Å²) < 4.78 is 5.36. The molecule has 0 fully saturated rings. The SMILES string of the molecule is Cc1cc(/N=N/c2cc(C(=O)Oc3ccc([N+](=O)[O-])cc3)cc3ncccc23)cc(C)c1O. The fourth-order valence-electron chi connectivity index (χ4n) is 3.27. The summed E-state index contributed by atoms with van der Waals surface area (Å²) in [5.74, 6) is -0.284. The number of aryl methyl sites for hydroxylation is 2. The van der Waals surface area contributed by atoms with Crippen molar-refractivity contribution in [3.8, 4) is 11.5 Å². The van der Waals surface area contributed by atoms with Crippen LogP contribution in [0.25, 0.3) is 10.9 Å². The Balaban J connectivity index is 1.68. The Kier molecular flexibility index (Phi) is 5.77. The number of hydrogen-bond acceptors (Lipinski definition) is 8.